The highest BCUT2D eigenvalue weighted by Gasteiger charge is 2.66. The summed E-state index contributed by atoms with van der Waals surface area (Å²) < 4.78 is 23.8. The second kappa shape index (κ2) is 7.86. The van der Waals surface area contributed by atoms with E-state index in [0.29, 0.717) is 13.0 Å². The Morgan fingerprint density at radius 3 is 2.38 bits per heavy atom. The number of carbonyl (C=O) groups excluding carboxylic acids is 1. The molecule has 5 nitrogen and oxygen atoms in total. The van der Waals surface area contributed by atoms with Crippen LogP contribution in [0.25, 0.3) is 0 Å². The summed E-state index contributed by atoms with van der Waals surface area (Å²) in [6, 6.07) is 0. The van der Waals surface area contributed by atoms with Crippen molar-refractivity contribution in [1.82, 2.24) is 0 Å². The third kappa shape index (κ3) is 2.97. The Hall–Kier alpha value is -1.69. The smallest absolute Gasteiger partial charge is 0.191 e. The van der Waals surface area contributed by atoms with Gasteiger partial charge in [-0.1, -0.05) is 31.2 Å². The van der Waals surface area contributed by atoms with Gasteiger partial charge in [0, 0.05) is 51.4 Å². The number of Topliss-reactive ketones (excluding diaryl/α,β-unsaturated/α-hetero) is 1. The topological polar surface area (TPSA) is 54.0 Å². The van der Waals surface area contributed by atoms with Gasteiger partial charge in [-0.05, 0) is 31.1 Å². The van der Waals surface area contributed by atoms with Crippen LogP contribution < -0.4 is 0 Å². The van der Waals surface area contributed by atoms with Crippen LogP contribution in [0, 0.1) is 23.7 Å². The zero-order valence-corrected chi connectivity index (χ0v) is 18.7. The van der Waals surface area contributed by atoms with Crippen molar-refractivity contribution in [2.75, 3.05) is 35.0 Å². The molecular weight excluding hydrogens is 368 g/mol. The molecule has 0 N–H and O–H groups in total. The van der Waals surface area contributed by atoms with Crippen molar-refractivity contribution in [3.05, 3.63) is 47.3 Å². The van der Waals surface area contributed by atoms with Crippen molar-refractivity contribution in [1.29, 1.82) is 0 Å². The first-order valence-corrected chi connectivity index (χ1v) is 10.2. The molecule has 160 valence electrons. The minimum absolute atomic E-state index is 0.00401. The van der Waals surface area contributed by atoms with E-state index in [4.69, 9.17) is 18.9 Å². The molecule has 0 amide bonds. The Kier molecular flexibility index (Phi) is 5.96. The monoisotopic (exact) mass is 402 g/mol. The third-order valence-corrected chi connectivity index (χ3v) is 7.18. The second-order valence-electron chi connectivity index (χ2n) is 8.65. The Morgan fingerprint density at radius 1 is 1.17 bits per heavy atom. The summed E-state index contributed by atoms with van der Waals surface area (Å²) in [5, 5.41) is 0. The molecule has 0 aromatic rings. The average Bonchev–Trinajstić information content (AvgIpc) is 2.86. The molecule has 3 rings (SSSR count). The number of methoxy groups -OCH3 is 4. The Morgan fingerprint density at radius 2 is 1.86 bits per heavy atom. The second-order valence-corrected chi connectivity index (χ2v) is 8.65. The largest absolute Gasteiger partial charge is 0.501 e. The molecule has 0 aliphatic heterocycles. The van der Waals surface area contributed by atoms with Crippen molar-refractivity contribution in [2.45, 2.75) is 38.4 Å². The van der Waals surface area contributed by atoms with Crippen molar-refractivity contribution in [2.24, 2.45) is 23.7 Å². The maximum Gasteiger partial charge on any atom is 0.191 e. The van der Waals surface area contributed by atoms with Gasteiger partial charge in [0.05, 0.1) is 25.1 Å². The molecule has 5 unspecified atom stereocenters. The average molecular weight is 403 g/mol. The molecule has 3 aliphatic carbocycles. The highest BCUT2D eigenvalue weighted by atomic mass is 16.5. The van der Waals surface area contributed by atoms with Crippen LogP contribution in [0.1, 0.15) is 27.2 Å². The number of hydrogen-bond acceptors (Lipinski definition) is 5. The van der Waals surface area contributed by atoms with Crippen LogP contribution in [-0.2, 0) is 23.7 Å². The molecule has 0 spiro atoms. The zero-order valence-electron chi connectivity index (χ0n) is 18.7. The minimum atomic E-state index is -0.995. The van der Waals surface area contributed by atoms with Gasteiger partial charge in [0.15, 0.2) is 5.78 Å². The highest BCUT2D eigenvalue weighted by molar-refractivity contribution is 6.05. The predicted molar refractivity (Wildman–Crippen MR) is 112 cm³/mol. The van der Waals surface area contributed by atoms with Crippen LogP contribution in [0.3, 0.4) is 0 Å². The van der Waals surface area contributed by atoms with E-state index in [1.807, 2.05) is 13.8 Å². The minimum Gasteiger partial charge on any atom is -0.501 e. The summed E-state index contributed by atoms with van der Waals surface area (Å²) in [6.45, 7) is 10.7. The molecule has 0 saturated carbocycles. The fraction of sp³-hybridized carbons (Fsp3) is 0.625. The van der Waals surface area contributed by atoms with Crippen molar-refractivity contribution in [3.8, 4) is 0 Å². The SMILES string of the molecule is C=C(C)C1C(OC)=C[C@@H](C)C2(OC)C1C=C(COC)CC1(OC)C(=O)C(C)=CC12. The zero-order chi connectivity index (χ0) is 21.6. The lowest BCUT2D eigenvalue weighted by atomic mass is 9.58. The van der Waals surface area contributed by atoms with Gasteiger partial charge in [-0.2, -0.15) is 0 Å². The maximum absolute atomic E-state index is 13.4. The van der Waals surface area contributed by atoms with Gasteiger partial charge in [0.25, 0.3) is 0 Å². The number of ketones is 1. The molecule has 0 fully saturated rings. The van der Waals surface area contributed by atoms with Gasteiger partial charge >= 0.3 is 0 Å². The molecule has 0 bridgehead atoms. The molecule has 3 aliphatic rings. The Bertz CT molecular complexity index is 791. The lowest BCUT2D eigenvalue weighted by Crippen LogP contribution is -2.61. The third-order valence-electron chi connectivity index (χ3n) is 7.18. The quantitative estimate of drug-likeness (QED) is 0.632. The van der Waals surface area contributed by atoms with E-state index in [9.17, 15) is 4.79 Å². The maximum atomic E-state index is 13.4. The summed E-state index contributed by atoms with van der Waals surface area (Å²) in [5.41, 5.74) is 1.09. The van der Waals surface area contributed by atoms with Gasteiger partial charge in [-0.15, -0.1) is 0 Å². The molecular formula is C24H34O5. The van der Waals surface area contributed by atoms with Gasteiger partial charge in [0.1, 0.15) is 5.60 Å². The molecule has 29 heavy (non-hydrogen) atoms. The van der Waals surface area contributed by atoms with Crippen LogP contribution in [0.15, 0.2) is 47.3 Å². The number of hydrogen-bond donors (Lipinski definition) is 0. The van der Waals surface area contributed by atoms with Crippen LogP contribution in [0.5, 0.6) is 0 Å². The van der Waals surface area contributed by atoms with Gasteiger partial charge < -0.3 is 18.9 Å². The highest BCUT2D eigenvalue weighted by Crippen LogP contribution is 2.59. The standard InChI is InChI=1S/C24H34O5/c1-14(2)21-18-11-17(13-26-5)12-23(28-7)20(9-15(3)22(23)25)24(18,29-8)16(4)10-19(21)27-6/h9-11,16,18,20-21H,1,12-13H2,2-8H3/t16-,18?,20?,21?,23?,24?/m1/s1. The van der Waals surface area contributed by atoms with Crippen molar-refractivity contribution in [3.63, 3.8) is 0 Å². The number of carbonyl (C=O) groups is 1. The van der Waals surface area contributed by atoms with Crippen molar-refractivity contribution >= 4 is 5.78 Å². The fourth-order valence-electron chi connectivity index (χ4n) is 5.98. The molecule has 0 aromatic heterocycles. The first kappa shape index (κ1) is 22.0. The van der Waals surface area contributed by atoms with E-state index in [-0.39, 0.29) is 29.5 Å². The first-order chi connectivity index (χ1) is 13.7. The number of fused-ring (bicyclic) bond motifs is 3. The normalized spacial score (nSPS) is 39.0. The summed E-state index contributed by atoms with van der Waals surface area (Å²) in [6.07, 6.45) is 6.89. The van der Waals surface area contributed by atoms with E-state index in [1.165, 1.54) is 0 Å². The summed E-state index contributed by atoms with van der Waals surface area (Å²) in [5.74, 6) is 0.563. The fourth-order valence-corrected chi connectivity index (χ4v) is 5.98. The van der Waals surface area contributed by atoms with Gasteiger partial charge in [-0.25, -0.2) is 0 Å². The van der Waals surface area contributed by atoms with Crippen molar-refractivity contribution < 1.29 is 23.7 Å². The van der Waals surface area contributed by atoms with Crippen LogP contribution in [-0.4, -0.2) is 52.0 Å². The van der Waals surface area contributed by atoms with Gasteiger partial charge in [0.2, 0.25) is 0 Å². The van der Waals surface area contributed by atoms with E-state index in [2.05, 4.69) is 31.7 Å². The van der Waals surface area contributed by atoms with E-state index < -0.39 is 11.2 Å². The van der Waals surface area contributed by atoms with Crippen LogP contribution in [0.2, 0.25) is 0 Å². The molecule has 6 atom stereocenters. The Labute approximate surface area is 174 Å². The van der Waals surface area contributed by atoms with Crippen LogP contribution >= 0.6 is 0 Å². The predicted octanol–water partition coefficient (Wildman–Crippen LogP) is 3.87. The molecule has 5 heteroatoms. The molecule has 0 heterocycles. The van der Waals surface area contributed by atoms with E-state index in [0.717, 1.165) is 22.5 Å². The number of ether oxygens (including phenoxy) is 4. The lowest BCUT2D eigenvalue weighted by molar-refractivity contribution is -0.179. The van der Waals surface area contributed by atoms with E-state index in [1.54, 1.807) is 28.4 Å². The summed E-state index contributed by atoms with van der Waals surface area (Å²) >= 11 is 0. The number of rotatable bonds is 6. The lowest BCUT2D eigenvalue weighted by Gasteiger charge is -2.53. The summed E-state index contributed by atoms with van der Waals surface area (Å²) in [4.78, 5) is 13.4. The Balaban J connectivity index is 2.35. The molecule has 0 aromatic carbocycles. The first-order valence-electron chi connectivity index (χ1n) is 10.2. The van der Waals surface area contributed by atoms with E-state index >= 15 is 0 Å². The molecule has 0 saturated heterocycles. The van der Waals surface area contributed by atoms with Gasteiger partial charge in [-0.3, -0.25) is 4.79 Å². The molecule has 0 radical (unpaired) electrons. The summed E-state index contributed by atoms with van der Waals surface area (Å²) in [7, 11) is 6.75. The number of allylic oxidation sites excluding steroid dienone is 1. The van der Waals surface area contributed by atoms with Crippen LogP contribution in [0.4, 0.5) is 0 Å².